The van der Waals surface area contributed by atoms with E-state index in [2.05, 4.69) is 10.6 Å². The van der Waals surface area contributed by atoms with Gasteiger partial charge in [-0.15, -0.1) is 0 Å². The molecular weight excluding hydrogens is 320 g/mol. The Kier molecular flexibility index (Phi) is 6.27. The highest BCUT2D eigenvalue weighted by molar-refractivity contribution is 6.06. The van der Waals surface area contributed by atoms with Crippen LogP contribution in [0.4, 0.5) is 9.59 Å². The summed E-state index contributed by atoms with van der Waals surface area (Å²) in [5.41, 5.74) is -1.01. The highest BCUT2D eigenvalue weighted by Crippen LogP contribution is 2.16. The van der Waals surface area contributed by atoms with Gasteiger partial charge in [0.2, 0.25) is 0 Å². The van der Waals surface area contributed by atoms with Gasteiger partial charge in [-0.25, -0.2) is 9.59 Å². The Morgan fingerprint density at radius 2 is 1.92 bits per heavy atom. The standard InChI is InChI=1S/C14H22N4O6/c1-5-15-12(22)16-10(20)8(2)24-9(19)6-7-18-11(21)14(3,4)17-13(18)23/h8H,5-7H2,1-4H3,(H,17,23)(H2,15,16,20,22). The van der Waals surface area contributed by atoms with E-state index in [0.717, 1.165) is 4.90 Å². The summed E-state index contributed by atoms with van der Waals surface area (Å²) in [6.07, 6.45) is -1.44. The molecule has 0 spiro atoms. The maximum absolute atomic E-state index is 11.9. The highest BCUT2D eigenvalue weighted by atomic mass is 16.5. The van der Waals surface area contributed by atoms with Crippen LogP contribution in [0.3, 0.4) is 0 Å². The molecule has 0 radical (unpaired) electrons. The van der Waals surface area contributed by atoms with Crippen molar-refractivity contribution in [3.05, 3.63) is 0 Å². The van der Waals surface area contributed by atoms with Gasteiger partial charge in [-0.2, -0.15) is 0 Å². The Bertz CT molecular complexity index is 559. The molecule has 0 bridgehead atoms. The largest absolute Gasteiger partial charge is 0.452 e. The summed E-state index contributed by atoms with van der Waals surface area (Å²) in [5.74, 6) is -1.98. The molecule has 6 amide bonds. The lowest BCUT2D eigenvalue weighted by Gasteiger charge is -2.16. The van der Waals surface area contributed by atoms with Gasteiger partial charge in [-0.3, -0.25) is 24.6 Å². The monoisotopic (exact) mass is 342 g/mol. The normalized spacial score (nSPS) is 17.1. The van der Waals surface area contributed by atoms with E-state index >= 15 is 0 Å². The maximum Gasteiger partial charge on any atom is 0.325 e. The van der Waals surface area contributed by atoms with Crippen LogP contribution in [0.15, 0.2) is 0 Å². The van der Waals surface area contributed by atoms with Gasteiger partial charge in [0.1, 0.15) is 5.54 Å². The van der Waals surface area contributed by atoms with Gasteiger partial charge in [0.25, 0.3) is 11.8 Å². The van der Waals surface area contributed by atoms with Crippen molar-refractivity contribution >= 4 is 29.8 Å². The first-order chi connectivity index (χ1) is 11.1. The van der Waals surface area contributed by atoms with Crippen molar-refractivity contribution in [1.82, 2.24) is 20.9 Å². The number of carbonyl (C=O) groups excluding carboxylic acids is 5. The second-order valence-electron chi connectivity index (χ2n) is 5.74. The summed E-state index contributed by atoms with van der Waals surface area (Å²) in [4.78, 5) is 59.1. The number of hydrogen-bond donors (Lipinski definition) is 3. The van der Waals surface area contributed by atoms with E-state index in [9.17, 15) is 24.0 Å². The number of carbonyl (C=O) groups is 5. The Labute approximate surface area is 139 Å². The average Bonchev–Trinajstić information content (AvgIpc) is 2.65. The minimum Gasteiger partial charge on any atom is -0.452 e. The van der Waals surface area contributed by atoms with E-state index in [4.69, 9.17) is 4.74 Å². The first-order valence-corrected chi connectivity index (χ1v) is 7.50. The molecule has 1 saturated heterocycles. The smallest absolute Gasteiger partial charge is 0.325 e. The quantitative estimate of drug-likeness (QED) is 0.439. The fraction of sp³-hybridized carbons (Fsp3) is 0.643. The van der Waals surface area contributed by atoms with Crippen molar-refractivity contribution in [2.45, 2.75) is 45.8 Å². The van der Waals surface area contributed by atoms with Gasteiger partial charge >= 0.3 is 18.0 Å². The number of ether oxygens (including phenoxy) is 1. The highest BCUT2D eigenvalue weighted by Gasteiger charge is 2.44. The molecule has 1 aliphatic rings. The summed E-state index contributed by atoms with van der Waals surface area (Å²) in [6.45, 7) is 6.29. The molecule has 134 valence electrons. The number of imide groups is 2. The fourth-order valence-corrected chi connectivity index (χ4v) is 1.95. The SMILES string of the molecule is CCNC(=O)NC(=O)C(C)OC(=O)CCN1C(=O)NC(C)(C)C1=O. The van der Waals surface area contributed by atoms with Gasteiger partial charge < -0.3 is 15.4 Å². The Morgan fingerprint density at radius 3 is 2.42 bits per heavy atom. The van der Waals surface area contributed by atoms with Crippen LogP contribution in [0, 0.1) is 0 Å². The molecular formula is C14H22N4O6. The van der Waals surface area contributed by atoms with Crippen molar-refractivity contribution in [3.63, 3.8) is 0 Å². The number of nitrogens with one attached hydrogen (secondary N) is 3. The number of nitrogens with zero attached hydrogens (tertiary/aromatic N) is 1. The van der Waals surface area contributed by atoms with Crippen molar-refractivity contribution < 1.29 is 28.7 Å². The van der Waals surface area contributed by atoms with E-state index in [0.29, 0.717) is 6.54 Å². The fourth-order valence-electron chi connectivity index (χ4n) is 1.95. The number of urea groups is 2. The summed E-state index contributed by atoms with van der Waals surface area (Å²) < 4.78 is 4.87. The zero-order chi connectivity index (χ0) is 18.5. The van der Waals surface area contributed by atoms with Gasteiger partial charge in [-0.1, -0.05) is 0 Å². The Hall–Kier alpha value is -2.65. The van der Waals surface area contributed by atoms with Crippen molar-refractivity contribution in [1.29, 1.82) is 0 Å². The lowest BCUT2D eigenvalue weighted by molar-refractivity contribution is -0.154. The summed E-state index contributed by atoms with van der Waals surface area (Å²) >= 11 is 0. The molecule has 1 heterocycles. The van der Waals surface area contributed by atoms with Gasteiger partial charge in [-0.05, 0) is 27.7 Å². The minimum absolute atomic E-state index is 0.155. The summed E-state index contributed by atoms with van der Waals surface area (Å²) in [5, 5.41) is 6.86. The lowest BCUT2D eigenvalue weighted by atomic mass is 10.1. The summed E-state index contributed by atoms with van der Waals surface area (Å²) in [6, 6.07) is -1.27. The molecule has 0 aromatic carbocycles. The van der Waals surface area contributed by atoms with Crippen LogP contribution in [-0.2, 0) is 19.1 Å². The van der Waals surface area contributed by atoms with E-state index in [1.165, 1.54) is 6.92 Å². The van der Waals surface area contributed by atoms with Crippen molar-refractivity contribution in [3.8, 4) is 0 Å². The van der Waals surface area contributed by atoms with E-state index < -0.39 is 41.5 Å². The maximum atomic E-state index is 11.9. The van der Waals surface area contributed by atoms with Crippen LogP contribution >= 0.6 is 0 Å². The Morgan fingerprint density at radius 1 is 1.29 bits per heavy atom. The van der Waals surface area contributed by atoms with E-state index in [-0.39, 0.29) is 13.0 Å². The molecule has 1 rings (SSSR count). The zero-order valence-electron chi connectivity index (χ0n) is 14.1. The number of amides is 6. The zero-order valence-corrected chi connectivity index (χ0v) is 14.1. The van der Waals surface area contributed by atoms with Gasteiger partial charge in [0, 0.05) is 13.1 Å². The molecule has 0 aliphatic carbocycles. The average molecular weight is 342 g/mol. The molecule has 1 atom stereocenters. The van der Waals surface area contributed by atoms with Crippen LogP contribution < -0.4 is 16.0 Å². The Balaban J connectivity index is 2.44. The van der Waals surface area contributed by atoms with Gasteiger partial charge in [0.05, 0.1) is 6.42 Å². The molecule has 0 saturated carbocycles. The summed E-state index contributed by atoms with van der Waals surface area (Å²) in [7, 11) is 0. The third-order valence-electron chi connectivity index (χ3n) is 3.24. The minimum atomic E-state index is -1.18. The molecule has 3 N–H and O–H groups in total. The number of esters is 1. The molecule has 24 heavy (non-hydrogen) atoms. The third-order valence-corrected chi connectivity index (χ3v) is 3.24. The van der Waals surface area contributed by atoms with Crippen LogP contribution in [0.2, 0.25) is 0 Å². The number of rotatable bonds is 6. The molecule has 10 heteroatoms. The van der Waals surface area contributed by atoms with Crippen LogP contribution in [0.5, 0.6) is 0 Å². The first-order valence-electron chi connectivity index (χ1n) is 7.50. The molecule has 10 nitrogen and oxygen atoms in total. The van der Waals surface area contributed by atoms with Crippen LogP contribution in [0.1, 0.15) is 34.1 Å². The molecule has 0 aromatic heterocycles. The van der Waals surface area contributed by atoms with Gasteiger partial charge in [0.15, 0.2) is 6.10 Å². The van der Waals surface area contributed by atoms with E-state index in [1.807, 2.05) is 5.32 Å². The van der Waals surface area contributed by atoms with Crippen LogP contribution in [0.25, 0.3) is 0 Å². The van der Waals surface area contributed by atoms with Crippen LogP contribution in [-0.4, -0.2) is 59.5 Å². The predicted molar refractivity (Wildman–Crippen MR) is 81.7 cm³/mol. The molecule has 0 aromatic rings. The molecule has 1 aliphatic heterocycles. The topological polar surface area (TPSA) is 134 Å². The van der Waals surface area contributed by atoms with E-state index in [1.54, 1.807) is 20.8 Å². The van der Waals surface area contributed by atoms with Crippen molar-refractivity contribution in [2.24, 2.45) is 0 Å². The predicted octanol–water partition coefficient (Wildman–Crippen LogP) is -0.516. The second-order valence-corrected chi connectivity index (χ2v) is 5.74. The molecule has 1 unspecified atom stereocenters. The first kappa shape index (κ1) is 19.4. The molecule has 1 fully saturated rings. The number of hydrogen-bond acceptors (Lipinski definition) is 6. The third kappa shape index (κ3) is 4.93. The second kappa shape index (κ2) is 7.75. The van der Waals surface area contributed by atoms with Crippen molar-refractivity contribution in [2.75, 3.05) is 13.1 Å². The lowest BCUT2D eigenvalue weighted by Crippen LogP contribution is -2.44.